The van der Waals surface area contributed by atoms with E-state index in [1.165, 1.54) is 4.90 Å². The zero-order valence-electron chi connectivity index (χ0n) is 13.0. The Morgan fingerprint density at radius 1 is 1.41 bits per heavy atom. The molecule has 1 fully saturated rings. The van der Waals surface area contributed by atoms with E-state index in [-0.39, 0.29) is 12.6 Å². The number of aromatic nitrogens is 2. The molecule has 120 valence electrons. The molecule has 1 unspecified atom stereocenters. The average molecular weight is 306 g/mol. The van der Waals surface area contributed by atoms with E-state index in [9.17, 15) is 9.59 Å². The monoisotopic (exact) mass is 306 g/mol. The molecule has 7 heteroatoms. The van der Waals surface area contributed by atoms with Crippen molar-refractivity contribution >= 4 is 17.7 Å². The highest BCUT2D eigenvalue weighted by Crippen LogP contribution is 2.17. The summed E-state index contributed by atoms with van der Waals surface area (Å²) in [5.41, 5.74) is 0.523. The smallest absolute Gasteiger partial charge is 0.321 e. The summed E-state index contributed by atoms with van der Waals surface area (Å²) in [5, 5.41) is 11.8. The van der Waals surface area contributed by atoms with Crippen molar-refractivity contribution in [1.82, 2.24) is 14.9 Å². The Kier molecular flexibility index (Phi) is 5.30. The van der Waals surface area contributed by atoms with Crippen molar-refractivity contribution in [3.8, 4) is 0 Å². The summed E-state index contributed by atoms with van der Waals surface area (Å²) < 4.78 is 0. The van der Waals surface area contributed by atoms with E-state index in [1.54, 1.807) is 12.4 Å². The van der Waals surface area contributed by atoms with Crippen molar-refractivity contribution in [2.24, 2.45) is 11.8 Å². The Labute approximate surface area is 129 Å². The van der Waals surface area contributed by atoms with Crippen molar-refractivity contribution in [3.05, 3.63) is 18.2 Å². The molecule has 0 aromatic carbocycles. The van der Waals surface area contributed by atoms with Gasteiger partial charge in [0.1, 0.15) is 5.82 Å². The summed E-state index contributed by atoms with van der Waals surface area (Å²) in [6.45, 7) is 5.00. The predicted octanol–water partition coefficient (Wildman–Crippen LogP) is 2.00. The summed E-state index contributed by atoms with van der Waals surface area (Å²) in [5.74, 6) is -0.110. The molecule has 0 aliphatic carbocycles. The molecule has 1 aromatic rings. The second kappa shape index (κ2) is 7.20. The number of urea groups is 1. The molecule has 0 saturated carbocycles. The van der Waals surface area contributed by atoms with Crippen LogP contribution in [0.4, 0.5) is 10.5 Å². The third-order valence-corrected chi connectivity index (χ3v) is 3.61. The lowest BCUT2D eigenvalue weighted by molar-refractivity contribution is -0.143. The second-order valence-corrected chi connectivity index (χ2v) is 6.04. The fourth-order valence-electron chi connectivity index (χ4n) is 2.46. The van der Waals surface area contributed by atoms with Gasteiger partial charge in [-0.05, 0) is 18.8 Å². The van der Waals surface area contributed by atoms with E-state index in [0.717, 1.165) is 12.2 Å². The number of anilines is 1. The summed E-state index contributed by atoms with van der Waals surface area (Å²) in [6.07, 6.45) is 5.28. The van der Waals surface area contributed by atoms with Crippen molar-refractivity contribution in [3.63, 3.8) is 0 Å². The van der Waals surface area contributed by atoms with Gasteiger partial charge in [0.2, 0.25) is 0 Å². The highest BCUT2D eigenvalue weighted by Gasteiger charge is 2.28. The molecule has 22 heavy (non-hydrogen) atoms. The minimum absolute atomic E-state index is 0.244. The maximum Gasteiger partial charge on any atom is 0.321 e. The molecule has 1 aliphatic heterocycles. The van der Waals surface area contributed by atoms with Gasteiger partial charge in [-0.25, -0.2) is 14.8 Å². The van der Waals surface area contributed by atoms with Crippen molar-refractivity contribution in [1.29, 1.82) is 0 Å². The number of carboxylic acids is 1. The normalized spacial score (nSPS) is 18.3. The first-order valence-corrected chi connectivity index (χ1v) is 7.55. The number of carboxylic acid groups (broad SMARTS) is 1. The fraction of sp³-hybridized carbons (Fsp3) is 0.600. The topological polar surface area (TPSA) is 95.4 Å². The van der Waals surface area contributed by atoms with E-state index < -0.39 is 11.9 Å². The first-order chi connectivity index (χ1) is 10.5. The number of hydrogen-bond acceptors (Lipinski definition) is 4. The van der Waals surface area contributed by atoms with Gasteiger partial charge < -0.3 is 15.3 Å². The quantitative estimate of drug-likeness (QED) is 0.887. The van der Waals surface area contributed by atoms with Crippen LogP contribution in [0.2, 0.25) is 0 Å². The predicted molar refractivity (Wildman–Crippen MR) is 81.5 cm³/mol. The second-order valence-electron chi connectivity index (χ2n) is 6.04. The number of amides is 2. The van der Waals surface area contributed by atoms with Crippen LogP contribution in [0.15, 0.2) is 12.4 Å². The van der Waals surface area contributed by atoms with Crippen LogP contribution in [0.1, 0.15) is 32.5 Å². The molecular weight excluding hydrogens is 284 g/mol. The minimum Gasteiger partial charge on any atom is -0.481 e. The maximum absolute atomic E-state index is 12.2. The van der Waals surface area contributed by atoms with Crippen LogP contribution in [0, 0.1) is 11.8 Å². The lowest BCUT2D eigenvalue weighted by Gasteiger charge is -2.30. The molecule has 1 aromatic heterocycles. The van der Waals surface area contributed by atoms with Crippen LogP contribution in [0.25, 0.3) is 0 Å². The molecule has 1 atom stereocenters. The van der Waals surface area contributed by atoms with E-state index in [2.05, 4.69) is 29.1 Å². The summed E-state index contributed by atoms with van der Waals surface area (Å²) in [6, 6.07) is -0.300. The molecule has 7 nitrogen and oxygen atoms in total. The van der Waals surface area contributed by atoms with Gasteiger partial charge in [-0.2, -0.15) is 0 Å². The first-order valence-electron chi connectivity index (χ1n) is 7.55. The van der Waals surface area contributed by atoms with Crippen LogP contribution in [0.5, 0.6) is 0 Å². The molecule has 2 rings (SSSR count). The SMILES string of the molecule is CC(C)Cc1ncc(NC(=O)N2CCCC(C(=O)O)C2)cn1. The Hall–Kier alpha value is -2.18. The van der Waals surface area contributed by atoms with Gasteiger partial charge in [-0.3, -0.25) is 4.79 Å². The molecule has 2 N–H and O–H groups in total. The molecule has 1 aliphatic rings. The number of nitrogens with one attached hydrogen (secondary N) is 1. The van der Waals surface area contributed by atoms with Crippen molar-refractivity contribution in [2.45, 2.75) is 33.1 Å². The molecule has 2 amide bonds. The van der Waals surface area contributed by atoms with Crippen LogP contribution < -0.4 is 5.32 Å². The number of hydrogen-bond donors (Lipinski definition) is 2. The van der Waals surface area contributed by atoms with Gasteiger partial charge in [0.25, 0.3) is 0 Å². The highest BCUT2D eigenvalue weighted by atomic mass is 16.4. The Morgan fingerprint density at radius 3 is 2.68 bits per heavy atom. The number of carbonyl (C=O) groups excluding carboxylic acids is 1. The molecule has 1 saturated heterocycles. The number of aliphatic carboxylic acids is 1. The number of likely N-dealkylation sites (tertiary alicyclic amines) is 1. The van der Waals surface area contributed by atoms with Crippen molar-refractivity contribution in [2.75, 3.05) is 18.4 Å². The lowest BCUT2D eigenvalue weighted by atomic mass is 9.99. The van der Waals surface area contributed by atoms with Crippen LogP contribution in [-0.4, -0.2) is 45.1 Å². The van der Waals surface area contributed by atoms with E-state index >= 15 is 0 Å². The van der Waals surface area contributed by atoms with E-state index in [4.69, 9.17) is 5.11 Å². The van der Waals surface area contributed by atoms with Gasteiger partial charge in [0.15, 0.2) is 0 Å². The molecule has 0 spiro atoms. The summed E-state index contributed by atoms with van der Waals surface area (Å²) in [4.78, 5) is 33.2. The highest BCUT2D eigenvalue weighted by molar-refractivity contribution is 5.89. The lowest BCUT2D eigenvalue weighted by Crippen LogP contribution is -2.44. The maximum atomic E-state index is 12.2. The van der Waals surface area contributed by atoms with Gasteiger partial charge in [-0.15, -0.1) is 0 Å². The van der Waals surface area contributed by atoms with E-state index in [0.29, 0.717) is 31.0 Å². The molecule has 0 bridgehead atoms. The minimum atomic E-state index is -0.848. The fourth-order valence-corrected chi connectivity index (χ4v) is 2.46. The number of nitrogens with zero attached hydrogens (tertiary/aromatic N) is 3. The number of piperidine rings is 1. The zero-order valence-corrected chi connectivity index (χ0v) is 13.0. The summed E-state index contributed by atoms with van der Waals surface area (Å²) in [7, 11) is 0. The Bertz CT molecular complexity index is 530. The van der Waals surface area contributed by atoms with Crippen molar-refractivity contribution < 1.29 is 14.7 Å². The number of rotatable bonds is 4. The van der Waals surface area contributed by atoms with Gasteiger partial charge in [-0.1, -0.05) is 13.8 Å². The van der Waals surface area contributed by atoms with Gasteiger partial charge in [0, 0.05) is 19.5 Å². The summed E-state index contributed by atoms with van der Waals surface area (Å²) >= 11 is 0. The van der Waals surface area contributed by atoms with E-state index in [1.807, 2.05) is 0 Å². The Balaban J connectivity index is 1.92. The van der Waals surface area contributed by atoms with Crippen LogP contribution in [-0.2, 0) is 11.2 Å². The third-order valence-electron chi connectivity index (χ3n) is 3.61. The first kappa shape index (κ1) is 16.2. The van der Waals surface area contributed by atoms with Gasteiger partial charge in [0.05, 0.1) is 24.0 Å². The molecule has 0 radical (unpaired) electrons. The zero-order chi connectivity index (χ0) is 16.1. The molecular formula is C15H22N4O3. The van der Waals surface area contributed by atoms with Gasteiger partial charge >= 0.3 is 12.0 Å². The Morgan fingerprint density at radius 2 is 2.09 bits per heavy atom. The molecule has 2 heterocycles. The van der Waals surface area contributed by atoms with Crippen LogP contribution >= 0.6 is 0 Å². The average Bonchev–Trinajstić information content (AvgIpc) is 2.49. The third kappa shape index (κ3) is 4.41. The largest absolute Gasteiger partial charge is 0.481 e. The number of carbonyl (C=O) groups is 2. The van der Waals surface area contributed by atoms with Crippen LogP contribution in [0.3, 0.4) is 0 Å². The standard InChI is InChI=1S/C15H22N4O3/c1-10(2)6-13-16-7-12(8-17-13)18-15(22)19-5-3-4-11(9-19)14(20)21/h7-8,10-11H,3-6,9H2,1-2H3,(H,18,22)(H,20,21).